The lowest BCUT2D eigenvalue weighted by molar-refractivity contribution is -0.124. The molecule has 0 bridgehead atoms. The zero-order valence-electron chi connectivity index (χ0n) is 8.29. The molecule has 0 aliphatic rings. The zero-order chi connectivity index (χ0) is 12.2. The Morgan fingerprint density at radius 1 is 1.19 bits per heavy atom. The molecule has 0 heterocycles. The second kappa shape index (κ2) is 4.79. The number of halogens is 3. The van der Waals surface area contributed by atoms with Crippen LogP contribution in [0.1, 0.15) is 5.56 Å². The molecule has 1 rings (SSSR count). The van der Waals surface area contributed by atoms with Gasteiger partial charge in [0, 0.05) is 0 Å². The largest absolute Gasteiger partial charge is 0.419 e. The Balaban J connectivity index is 2.73. The molecule has 1 aromatic carbocycles. The molecule has 1 aromatic rings. The van der Waals surface area contributed by atoms with Crippen LogP contribution < -0.4 is 0 Å². The molecular formula is C12H9F3O. The van der Waals surface area contributed by atoms with Gasteiger partial charge in [-0.3, -0.25) is 4.79 Å². The molecule has 1 nitrogen and oxygen atoms in total. The van der Waals surface area contributed by atoms with Crippen LogP contribution in [0.3, 0.4) is 0 Å². The topological polar surface area (TPSA) is 17.1 Å². The van der Waals surface area contributed by atoms with Crippen molar-refractivity contribution in [3.8, 4) is 0 Å². The highest BCUT2D eigenvalue weighted by atomic mass is 19.4. The van der Waals surface area contributed by atoms with E-state index >= 15 is 0 Å². The lowest BCUT2D eigenvalue weighted by Gasteiger charge is -2.05. The van der Waals surface area contributed by atoms with E-state index in [4.69, 9.17) is 0 Å². The van der Waals surface area contributed by atoms with Crippen molar-refractivity contribution in [2.45, 2.75) is 6.18 Å². The molecule has 0 aliphatic carbocycles. The number of benzene rings is 1. The smallest absolute Gasteiger partial charge is 0.289 e. The fraction of sp³-hybridized carbons (Fsp3) is 0.0833. The Labute approximate surface area is 90.9 Å². The van der Waals surface area contributed by atoms with Gasteiger partial charge in [-0.1, -0.05) is 43.0 Å². The molecule has 0 fully saturated rings. The van der Waals surface area contributed by atoms with Crippen LogP contribution in [-0.2, 0) is 4.79 Å². The van der Waals surface area contributed by atoms with Crippen molar-refractivity contribution < 1.29 is 18.0 Å². The summed E-state index contributed by atoms with van der Waals surface area (Å²) in [6.45, 7) is 2.71. The zero-order valence-corrected chi connectivity index (χ0v) is 8.29. The molecule has 16 heavy (non-hydrogen) atoms. The standard InChI is InChI=1S/C12H9F3O/c1-9(12(13,14)15)11(16)8-7-10-5-3-2-4-6-10/h2-8H,1H2/b8-7+. The van der Waals surface area contributed by atoms with Crippen LogP contribution in [0, 0.1) is 0 Å². The van der Waals surface area contributed by atoms with Crippen LogP contribution in [0.5, 0.6) is 0 Å². The fourth-order valence-electron chi connectivity index (χ4n) is 0.976. The van der Waals surface area contributed by atoms with E-state index in [1.165, 1.54) is 6.08 Å². The van der Waals surface area contributed by atoms with E-state index in [-0.39, 0.29) is 0 Å². The molecule has 0 amide bonds. The summed E-state index contributed by atoms with van der Waals surface area (Å²) >= 11 is 0. The van der Waals surface area contributed by atoms with Gasteiger partial charge in [0.05, 0.1) is 5.57 Å². The van der Waals surface area contributed by atoms with Gasteiger partial charge >= 0.3 is 6.18 Å². The van der Waals surface area contributed by atoms with E-state index in [1.807, 2.05) is 0 Å². The van der Waals surface area contributed by atoms with E-state index < -0.39 is 17.5 Å². The van der Waals surface area contributed by atoms with Gasteiger partial charge in [-0.15, -0.1) is 0 Å². The molecule has 0 saturated carbocycles. The Morgan fingerprint density at radius 3 is 2.25 bits per heavy atom. The van der Waals surface area contributed by atoms with Gasteiger partial charge in [0.15, 0.2) is 5.78 Å². The fourth-order valence-corrected chi connectivity index (χ4v) is 0.976. The third-order valence-corrected chi connectivity index (χ3v) is 1.87. The van der Waals surface area contributed by atoms with Crippen molar-refractivity contribution in [3.63, 3.8) is 0 Å². The van der Waals surface area contributed by atoms with Gasteiger partial charge in [-0.2, -0.15) is 13.2 Å². The summed E-state index contributed by atoms with van der Waals surface area (Å²) in [6, 6.07) is 8.58. The molecule has 0 aromatic heterocycles. The molecule has 0 unspecified atom stereocenters. The number of ketones is 1. The number of alkyl halides is 3. The van der Waals surface area contributed by atoms with Gasteiger partial charge in [0.25, 0.3) is 0 Å². The highest BCUT2D eigenvalue weighted by Crippen LogP contribution is 2.24. The van der Waals surface area contributed by atoms with Crippen LogP contribution in [-0.4, -0.2) is 12.0 Å². The quantitative estimate of drug-likeness (QED) is 0.722. The third kappa shape index (κ3) is 3.38. The molecule has 0 spiro atoms. The Morgan fingerprint density at radius 2 is 1.75 bits per heavy atom. The van der Waals surface area contributed by atoms with Crippen LogP contribution in [0.15, 0.2) is 48.6 Å². The third-order valence-electron chi connectivity index (χ3n) is 1.87. The number of allylic oxidation sites excluding steroid dienone is 2. The van der Waals surface area contributed by atoms with Crippen LogP contribution >= 0.6 is 0 Å². The highest BCUT2D eigenvalue weighted by molar-refractivity contribution is 6.06. The summed E-state index contributed by atoms with van der Waals surface area (Å²) in [4.78, 5) is 11.1. The normalized spacial score (nSPS) is 11.7. The number of hydrogen-bond donors (Lipinski definition) is 0. The van der Waals surface area contributed by atoms with Gasteiger partial charge in [0.2, 0.25) is 0 Å². The maximum Gasteiger partial charge on any atom is 0.419 e. The van der Waals surface area contributed by atoms with E-state index in [9.17, 15) is 18.0 Å². The Bertz CT molecular complexity index is 416. The lowest BCUT2D eigenvalue weighted by atomic mass is 10.1. The molecule has 0 N–H and O–H groups in total. The van der Waals surface area contributed by atoms with Crippen LogP contribution in [0.2, 0.25) is 0 Å². The average Bonchev–Trinajstić information content (AvgIpc) is 2.25. The van der Waals surface area contributed by atoms with Gasteiger partial charge in [-0.25, -0.2) is 0 Å². The van der Waals surface area contributed by atoms with Gasteiger partial charge < -0.3 is 0 Å². The first-order chi connectivity index (χ1) is 7.41. The first-order valence-electron chi connectivity index (χ1n) is 4.45. The van der Waals surface area contributed by atoms with Crippen molar-refractivity contribution in [2.75, 3.05) is 0 Å². The maximum absolute atomic E-state index is 12.1. The predicted octanol–water partition coefficient (Wildman–Crippen LogP) is 3.39. The minimum atomic E-state index is -4.67. The molecule has 4 heteroatoms. The summed E-state index contributed by atoms with van der Waals surface area (Å²) in [6.07, 6.45) is -2.48. The van der Waals surface area contributed by atoms with E-state index in [1.54, 1.807) is 30.3 Å². The molecule has 0 saturated heterocycles. The number of rotatable bonds is 3. The van der Waals surface area contributed by atoms with E-state index in [0.29, 0.717) is 5.56 Å². The minimum absolute atomic E-state index is 0.658. The van der Waals surface area contributed by atoms with E-state index in [0.717, 1.165) is 6.08 Å². The molecule has 0 atom stereocenters. The Kier molecular flexibility index (Phi) is 3.66. The minimum Gasteiger partial charge on any atom is -0.289 e. The SMILES string of the molecule is C=C(C(=O)/C=C/c1ccccc1)C(F)(F)F. The van der Waals surface area contributed by atoms with E-state index in [2.05, 4.69) is 6.58 Å². The van der Waals surface area contributed by atoms with Crippen molar-refractivity contribution in [3.05, 3.63) is 54.1 Å². The van der Waals surface area contributed by atoms with Crippen molar-refractivity contribution in [1.29, 1.82) is 0 Å². The molecular weight excluding hydrogens is 217 g/mol. The predicted molar refractivity (Wildman–Crippen MR) is 55.7 cm³/mol. The first kappa shape index (κ1) is 12.2. The monoisotopic (exact) mass is 226 g/mol. The highest BCUT2D eigenvalue weighted by Gasteiger charge is 2.35. The summed E-state index contributed by atoms with van der Waals surface area (Å²) in [5.41, 5.74) is -0.703. The summed E-state index contributed by atoms with van der Waals surface area (Å²) in [5.74, 6) is -1.13. The second-order valence-corrected chi connectivity index (χ2v) is 3.08. The second-order valence-electron chi connectivity index (χ2n) is 3.08. The number of hydrogen-bond acceptors (Lipinski definition) is 1. The van der Waals surface area contributed by atoms with Gasteiger partial charge in [-0.05, 0) is 11.6 Å². The van der Waals surface area contributed by atoms with Crippen LogP contribution in [0.4, 0.5) is 13.2 Å². The van der Waals surface area contributed by atoms with Gasteiger partial charge in [0.1, 0.15) is 0 Å². The summed E-state index contributed by atoms with van der Waals surface area (Å²) in [7, 11) is 0. The van der Waals surface area contributed by atoms with Crippen molar-refractivity contribution in [2.24, 2.45) is 0 Å². The molecule has 84 valence electrons. The van der Waals surface area contributed by atoms with Crippen molar-refractivity contribution >= 4 is 11.9 Å². The maximum atomic E-state index is 12.1. The first-order valence-corrected chi connectivity index (χ1v) is 4.45. The summed E-state index contributed by atoms with van der Waals surface area (Å²) < 4.78 is 36.2. The van der Waals surface area contributed by atoms with Crippen LogP contribution in [0.25, 0.3) is 6.08 Å². The number of carbonyl (C=O) groups is 1. The summed E-state index contributed by atoms with van der Waals surface area (Å²) in [5, 5.41) is 0. The number of carbonyl (C=O) groups excluding carboxylic acids is 1. The average molecular weight is 226 g/mol. The van der Waals surface area contributed by atoms with Crippen molar-refractivity contribution in [1.82, 2.24) is 0 Å². The molecule has 0 radical (unpaired) electrons. The lowest BCUT2D eigenvalue weighted by Crippen LogP contribution is -2.17. The molecule has 0 aliphatic heterocycles. The Hall–Kier alpha value is -1.84.